The minimum Gasteiger partial charge on any atom is -0.396 e. The summed E-state index contributed by atoms with van der Waals surface area (Å²) >= 11 is 0. The van der Waals surface area contributed by atoms with Gasteiger partial charge in [0.25, 0.3) is 17.7 Å². The smallest absolute Gasteiger partial charge is 0.396 e. The molecule has 2 N–H and O–H groups in total. The molecule has 0 saturated carbocycles. The van der Waals surface area contributed by atoms with Crippen LogP contribution in [0.1, 0.15) is 56.8 Å². The third-order valence-corrected chi connectivity index (χ3v) is 8.16. The normalized spacial score (nSPS) is 16.5. The summed E-state index contributed by atoms with van der Waals surface area (Å²) in [6.45, 7) is 1.31. The van der Waals surface area contributed by atoms with E-state index in [0.717, 1.165) is 29.2 Å². The number of hydrogen-bond donors (Lipinski definition) is 2. The number of hydrogen-bond acceptors (Lipinski definition) is 6. The summed E-state index contributed by atoms with van der Waals surface area (Å²) in [7, 11) is 1.37. The zero-order chi connectivity index (χ0) is 34.7. The monoisotopic (exact) mass is 662 g/mol. The molecule has 5 rings (SSSR count). The Morgan fingerprint density at radius 2 is 1.77 bits per heavy atom. The number of fused-ring (bicyclic) bond motifs is 1. The van der Waals surface area contributed by atoms with Gasteiger partial charge in [-0.1, -0.05) is 36.4 Å². The van der Waals surface area contributed by atoms with Crippen molar-refractivity contribution >= 4 is 23.5 Å². The Labute approximate surface area is 272 Å². The van der Waals surface area contributed by atoms with Gasteiger partial charge in [0.2, 0.25) is 0 Å². The molecule has 3 aromatic carbocycles. The Bertz CT molecular complexity index is 1870. The van der Waals surface area contributed by atoms with E-state index in [0.29, 0.717) is 17.3 Å². The molecule has 0 bridgehead atoms. The number of anilines is 1. The van der Waals surface area contributed by atoms with Crippen LogP contribution in [0.2, 0.25) is 0 Å². The topological polar surface area (TPSA) is 132 Å². The van der Waals surface area contributed by atoms with Crippen LogP contribution >= 0.6 is 0 Å². The maximum Gasteiger partial charge on any atom is 0.416 e. The summed E-state index contributed by atoms with van der Waals surface area (Å²) in [4.78, 5) is 44.5. The van der Waals surface area contributed by atoms with Gasteiger partial charge in [-0.15, -0.1) is 0 Å². The van der Waals surface area contributed by atoms with Gasteiger partial charge in [-0.25, -0.2) is 9.07 Å². The van der Waals surface area contributed by atoms with Gasteiger partial charge in [-0.05, 0) is 55.0 Å². The van der Waals surface area contributed by atoms with Crippen LogP contribution in [-0.4, -0.2) is 69.8 Å². The number of aliphatic hydroxyl groups is 1. The number of aromatic nitrogens is 2. The van der Waals surface area contributed by atoms with Crippen molar-refractivity contribution in [2.45, 2.75) is 37.5 Å². The average Bonchev–Trinajstić information content (AvgIpc) is 3.47. The Kier molecular flexibility index (Phi) is 9.62. The Balaban J connectivity index is 1.75. The third kappa shape index (κ3) is 6.37. The van der Waals surface area contributed by atoms with Gasteiger partial charge in [-0.2, -0.15) is 23.5 Å². The van der Waals surface area contributed by atoms with Crippen LogP contribution in [0, 0.1) is 17.1 Å². The summed E-state index contributed by atoms with van der Waals surface area (Å²) in [6.07, 6.45) is -4.79. The Hall–Kier alpha value is -5.55. The fourth-order valence-corrected chi connectivity index (χ4v) is 5.77. The van der Waals surface area contributed by atoms with Gasteiger partial charge in [0.1, 0.15) is 23.7 Å². The van der Waals surface area contributed by atoms with E-state index in [-0.39, 0.29) is 42.2 Å². The van der Waals surface area contributed by atoms with E-state index in [1.165, 1.54) is 34.8 Å². The number of likely N-dealkylation sites (N-methyl/N-ethyl adjacent to an activating group) is 1. The fourth-order valence-electron chi connectivity index (χ4n) is 5.77. The highest BCUT2D eigenvalue weighted by molar-refractivity contribution is 6.07. The number of nitriles is 1. The standard InChI is InChI=1S/C34H30F4N6O4/c1-3-43-31-27(29(32(47)42(2)25(19-39)16-17-45)41-44(31)24-10-5-4-6-11-24)26(20-12-14-23(35)15-13-20)28(33(43)48)40-30(46)21-8-7-9-22(18-21)34(36,37)38/h4-15,18,25-26,28,45H,3,16-17H2,1-2H3,(H,40,46)/t25-,26-,28-/m0/s1. The minimum absolute atomic E-state index is 0.0330. The molecule has 2 heterocycles. The van der Waals surface area contributed by atoms with Gasteiger partial charge in [0, 0.05) is 43.7 Å². The molecule has 3 atom stereocenters. The number of benzene rings is 3. The molecule has 4 aromatic rings. The van der Waals surface area contributed by atoms with E-state index in [9.17, 15) is 42.3 Å². The molecule has 0 radical (unpaired) electrons. The van der Waals surface area contributed by atoms with Gasteiger partial charge in [-0.3, -0.25) is 19.3 Å². The number of alkyl halides is 3. The van der Waals surface area contributed by atoms with Crippen molar-refractivity contribution in [1.82, 2.24) is 20.0 Å². The number of para-hydroxylation sites is 1. The van der Waals surface area contributed by atoms with Crippen molar-refractivity contribution < 1.29 is 37.1 Å². The second kappa shape index (κ2) is 13.7. The predicted octanol–water partition coefficient (Wildman–Crippen LogP) is 4.67. The molecular formula is C34H30F4N6O4. The highest BCUT2D eigenvalue weighted by Crippen LogP contribution is 2.44. The molecule has 10 nitrogen and oxygen atoms in total. The second-order valence-electron chi connectivity index (χ2n) is 11.0. The summed E-state index contributed by atoms with van der Waals surface area (Å²) in [5, 5.41) is 26.5. The zero-order valence-corrected chi connectivity index (χ0v) is 25.8. The summed E-state index contributed by atoms with van der Waals surface area (Å²) in [6, 6.07) is 16.8. The van der Waals surface area contributed by atoms with Crippen molar-refractivity contribution in [2.24, 2.45) is 0 Å². The summed E-state index contributed by atoms with van der Waals surface area (Å²) in [5.74, 6) is -3.98. The van der Waals surface area contributed by atoms with Crippen molar-refractivity contribution in [2.75, 3.05) is 25.1 Å². The number of amides is 3. The zero-order valence-electron chi connectivity index (χ0n) is 25.8. The van der Waals surface area contributed by atoms with Gasteiger partial charge in [0.15, 0.2) is 5.69 Å². The molecule has 1 aliphatic heterocycles. The molecule has 0 saturated heterocycles. The summed E-state index contributed by atoms with van der Waals surface area (Å²) < 4.78 is 56.0. The first kappa shape index (κ1) is 33.8. The largest absolute Gasteiger partial charge is 0.416 e. The molecule has 14 heteroatoms. The van der Waals surface area contributed by atoms with E-state index < -0.39 is 53.3 Å². The molecule has 48 heavy (non-hydrogen) atoms. The van der Waals surface area contributed by atoms with Crippen LogP contribution in [0.3, 0.4) is 0 Å². The van der Waals surface area contributed by atoms with Crippen molar-refractivity contribution in [1.29, 1.82) is 5.26 Å². The minimum atomic E-state index is -4.73. The number of rotatable bonds is 9. The fraction of sp³-hybridized carbons (Fsp3) is 0.265. The first-order valence-corrected chi connectivity index (χ1v) is 14.9. The maximum atomic E-state index is 14.3. The van der Waals surface area contributed by atoms with Crippen LogP contribution in [-0.2, 0) is 11.0 Å². The molecule has 0 spiro atoms. The van der Waals surface area contributed by atoms with Gasteiger partial charge in [0.05, 0.1) is 17.3 Å². The van der Waals surface area contributed by atoms with E-state index in [4.69, 9.17) is 0 Å². The maximum absolute atomic E-state index is 14.3. The van der Waals surface area contributed by atoms with E-state index >= 15 is 0 Å². The number of halogens is 4. The molecule has 3 amide bonds. The molecular weight excluding hydrogens is 632 g/mol. The number of carbonyl (C=O) groups excluding carboxylic acids is 3. The van der Waals surface area contributed by atoms with Crippen molar-refractivity contribution in [3.63, 3.8) is 0 Å². The second-order valence-corrected chi connectivity index (χ2v) is 11.0. The van der Waals surface area contributed by atoms with E-state index in [1.54, 1.807) is 37.3 Å². The van der Waals surface area contributed by atoms with E-state index in [1.807, 2.05) is 6.07 Å². The van der Waals surface area contributed by atoms with Crippen molar-refractivity contribution in [3.05, 3.63) is 113 Å². The van der Waals surface area contributed by atoms with E-state index in [2.05, 4.69) is 10.4 Å². The molecule has 248 valence electrons. The van der Waals surface area contributed by atoms with Crippen LogP contribution in [0.5, 0.6) is 0 Å². The Morgan fingerprint density at radius 3 is 2.38 bits per heavy atom. The molecule has 1 aromatic heterocycles. The van der Waals surface area contributed by atoms with Crippen LogP contribution < -0.4 is 10.2 Å². The molecule has 0 unspecified atom stereocenters. The highest BCUT2D eigenvalue weighted by atomic mass is 19.4. The van der Waals surface area contributed by atoms with Crippen molar-refractivity contribution in [3.8, 4) is 11.8 Å². The lowest BCUT2D eigenvalue weighted by atomic mass is 9.80. The number of aliphatic hydroxyl groups excluding tert-OH is 1. The molecule has 0 aliphatic carbocycles. The number of nitrogens with zero attached hydrogens (tertiary/aromatic N) is 5. The highest BCUT2D eigenvalue weighted by Gasteiger charge is 2.48. The third-order valence-electron chi connectivity index (χ3n) is 8.16. The quantitative estimate of drug-likeness (QED) is 0.251. The van der Waals surface area contributed by atoms with Gasteiger partial charge < -0.3 is 15.3 Å². The number of carbonyl (C=O) groups is 3. The average molecular weight is 663 g/mol. The van der Waals surface area contributed by atoms with Gasteiger partial charge >= 0.3 is 6.18 Å². The number of nitrogens with one attached hydrogen (secondary N) is 1. The first-order chi connectivity index (χ1) is 22.9. The van der Waals surface area contributed by atoms with Crippen LogP contribution in [0.25, 0.3) is 5.69 Å². The van der Waals surface area contributed by atoms with Crippen LogP contribution in [0.4, 0.5) is 23.4 Å². The first-order valence-electron chi connectivity index (χ1n) is 14.9. The lowest BCUT2D eigenvalue weighted by molar-refractivity contribution is -0.137. The lowest BCUT2D eigenvalue weighted by Gasteiger charge is -2.38. The summed E-state index contributed by atoms with van der Waals surface area (Å²) in [5.41, 5.74) is -0.674. The lowest BCUT2D eigenvalue weighted by Crippen LogP contribution is -2.55. The van der Waals surface area contributed by atoms with Crippen LogP contribution in [0.15, 0.2) is 78.9 Å². The Morgan fingerprint density at radius 1 is 1.08 bits per heavy atom. The molecule has 0 fully saturated rings. The molecule has 1 aliphatic rings. The predicted molar refractivity (Wildman–Crippen MR) is 166 cm³/mol. The SMILES string of the molecule is CCN1C(=O)[C@@H](NC(=O)c2cccc(C(F)(F)F)c2)[C@@H](c2ccc(F)cc2)c2c(C(=O)N(C)[C@H](C#N)CCO)nn(-c3ccccc3)c21.